The van der Waals surface area contributed by atoms with Gasteiger partial charge in [0.05, 0.1) is 15.6 Å². The molecular weight excluding hydrogens is 358 g/mol. The summed E-state index contributed by atoms with van der Waals surface area (Å²) in [6.07, 6.45) is 5.72. The maximum atomic E-state index is 12.6. The van der Waals surface area contributed by atoms with E-state index in [-0.39, 0.29) is 5.91 Å². The number of carbonyl (C=O) groups excluding carboxylic acids is 1. The van der Waals surface area contributed by atoms with Crippen molar-refractivity contribution in [2.75, 3.05) is 5.32 Å². The van der Waals surface area contributed by atoms with Crippen molar-refractivity contribution in [2.45, 2.75) is 31.9 Å². The Hall–Kier alpha value is -1.23. The molecule has 0 bridgehead atoms. The van der Waals surface area contributed by atoms with Gasteiger partial charge in [-0.2, -0.15) is 0 Å². The van der Waals surface area contributed by atoms with E-state index >= 15 is 0 Å². The van der Waals surface area contributed by atoms with Gasteiger partial charge in [-0.15, -0.1) is 23.1 Å². The summed E-state index contributed by atoms with van der Waals surface area (Å²) in [6.45, 7) is 2.33. The lowest BCUT2D eigenvalue weighted by atomic mass is 9.88. The van der Waals surface area contributed by atoms with E-state index in [9.17, 15) is 4.79 Å². The fourth-order valence-corrected chi connectivity index (χ4v) is 6.14. The Morgan fingerprint density at radius 2 is 2.12 bits per heavy atom. The lowest BCUT2D eigenvalue weighted by molar-refractivity contribution is -0.112. The highest BCUT2D eigenvalue weighted by atomic mass is 35.5. The lowest BCUT2D eigenvalue weighted by Gasteiger charge is -2.20. The monoisotopic (exact) mass is 375 g/mol. The third-order valence-electron chi connectivity index (χ3n) is 4.63. The molecule has 24 heavy (non-hydrogen) atoms. The number of hydrogen-bond donors (Lipinski definition) is 1. The van der Waals surface area contributed by atoms with E-state index in [1.165, 1.54) is 34.6 Å². The fraction of sp³-hybridized carbons (Fsp3) is 0.316. The van der Waals surface area contributed by atoms with Crippen LogP contribution >= 0.6 is 34.7 Å². The van der Waals surface area contributed by atoms with Crippen LogP contribution in [0.4, 0.5) is 5.69 Å². The first-order chi connectivity index (χ1) is 11.6. The van der Waals surface area contributed by atoms with Crippen LogP contribution in [0.1, 0.15) is 34.2 Å². The van der Waals surface area contributed by atoms with Crippen molar-refractivity contribution in [3.8, 4) is 0 Å². The fourth-order valence-electron chi connectivity index (χ4n) is 3.30. The number of benzene rings is 1. The Labute approximate surface area is 155 Å². The summed E-state index contributed by atoms with van der Waals surface area (Å²) in [6, 6.07) is 7.34. The van der Waals surface area contributed by atoms with Crippen molar-refractivity contribution in [2.24, 2.45) is 5.92 Å². The van der Waals surface area contributed by atoms with Gasteiger partial charge in [0.25, 0.3) is 5.91 Å². The molecular formula is C19H18ClNOS2. The zero-order chi connectivity index (χ0) is 16.7. The van der Waals surface area contributed by atoms with Gasteiger partial charge in [0.15, 0.2) is 0 Å². The largest absolute Gasteiger partial charge is 0.320 e. The Morgan fingerprint density at radius 3 is 2.96 bits per heavy atom. The number of fused-ring (bicyclic) bond motifs is 3. The average molecular weight is 376 g/mol. The average Bonchev–Trinajstić information content (AvgIpc) is 2.93. The van der Waals surface area contributed by atoms with Crippen molar-refractivity contribution < 1.29 is 4.79 Å². The molecule has 0 unspecified atom stereocenters. The van der Waals surface area contributed by atoms with Crippen molar-refractivity contribution in [3.63, 3.8) is 0 Å². The topological polar surface area (TPSA) is 29.1 Å². The Morgan fingerprint density at radius 1 is 1.29 bits per heavy atom. The molecule has 1 aromatic heterocycles. The van der Waals surface area contributed by atoms with Crippen LogP contribution in [0.15, 0.2) is 29.2 Å². The molecule has 5 heteroatoms. The zero-order valence-electron chi connectivity index (χ0n) is 13.4. The van der Waals surface area contributed by atoms with E-state index in [0.717, 1.165) is 16.6 Å². The van der Waals surface area contributed by atoms with Crippen LogP contribution in [-0.2, 0) is 23.4 Å². The van der Waals surface area contributed by atoms with Gasteiger partial charge in [0.1, 0.15) is 0 Å². The number of halogens is 1. The van der Waals surface area contributed by atoms with Crippen LogP contribution in [-0.4, -0.2) is 5.91 Å². The molecule has 0 saturated heterocycles. The zero-order valence-corrected chi connectivity index (χ0v) is 15.8. The number of amides is 1. The molecule has 1 atom stereocenters. The van der Waals surface area contributed by atoms with E-state index in [4.69, 9.17) is 11.6 Å². The van der Waals surface area contributed by atoms with Gasteiger partial charge in [0.2, 0.25) is 0 Å². The Bertz CT molecular complexity index is 840. The SMILES string of the molecule is C[C@H]1CCc2c(sc3c2CSC(C(=O)Nc2ccccc2Cl)=C3)C1. The highest BCUT2D eigenvalue weighted by Crippen LogP contribution is 2.43. The van der Waals surface area contributed by atoms with E-state index in [2.05, 4.69) is 18.3 Å². The molecule has 1 N–H and O–H groups in total. The highest BCUT2D eigenvalue weighted by molar-refractivity contribution is 8.03. The number of anilines is 1. The van der Waals surface area contributed by atoms with E-state index in [0.29, 0.717) is 10.7 Å². The van der Waals surface area contributed by atoms with Crippen molar-refractivity contribution in [3.05, 3.63) is 55.1 Å². The summed E-state index contributed by atoms with van der Waals surface area (Å²) < 4.78 is 0. The molecule has 2 aromatic rings. The maximum Gasteiger partial charge on any atom is 0.262 e. The van der Waals surface area contributed by atoms with Crippen LogP contribution in [0, 0.1) is 5.92 Å². The molecule has 2 heterocycles. The van der Waals surface area contributed by atoms with E-state index in [1.807, 2.05) is 29.5 Å². The molecule has 0 fully saturated rings. The van der Waals surface area contributed by atoms with E-state index in [1.54, 1.807) is 23.4 Å². The van der Waals surface area contributed by atoms with E-state index < -0.39 is 0 Å². The van der Waals surface area contributed by atoms with Gasteiger partial charge in [-0.1, -0.05) is 30.7 Å². The first kappa shape index (κ1) is 16.2. The summed E-state index contributed by atoms with van der Waals surface area (Å²) in [7, 11) is 0. The molecule has 2 nitrogen and oxygen atoms in total. The van der Waals surface area contributed by atoms with Gasteiger partial charge >= 0.3 is 0 Å². The van der Waals surface area contributed by atoms with Crippen LogP contribution in [0.25, 0.3) is 6.08 Å². The summed E-state index contributed by atoms with van der Waals surface area (Å²) in [5.41, 5.74) is 3.68. The quantitative estimate of drug-likeness (QED) is 0.723. The second-order valence-electron chi connectivity index (χ2n) is 6.43. The Kier molecular flexibility index (Phi) is 4.46. The normalized spacial score (nSPS) is 19.2. The second kappa shape index (κ2) is 6.58. The molecule has 4 rings (SSSR count). The van der Waals surface area contributed by atoms with Crippen molar-refractivity contribution in [1.29, 1.82) is 0 Å². The molecule has 0 radical (unpaired) electrons. The smallest absolute Gasteiger partial charge is 0.262 e. The van der Waals surface area contributed by atoms with Crippen LogP contribution < -0.4 is 5.32 Å². The number of hydrogen-bond acceptors (Lipinski definition) is 3. The first-order valence-electron chi connectivity index (χ1n) is 8.15. The third-order valence-corrected chi connectivity index (χ3v) is 7.25. The summed E-state index contributed by atoms with van der Waals surface area (Å²) in [4.78, 5) is 16.1. The lowest BCUT2D eigenvalue weighted by Crippen LogP contribution is -2.15. The molecule has 1 amide bonds. The Balaban J connectivity index is 1.59. The number of para-hydroxylation sites is 1. The van der Waals surface area contributed by atoms with Gasteiger partial charge in [-0.3, -0.25) is 4.79 Å². The van der Waals surface area contributed by atoms with Gasteiger partial charge in [0, 0.05) is 15.5 Å². The minimum absolute atomic E-state index is 0.0708. The van der Waals surface area contributed by atoms with Crippen LogP contribution in [0.5, 0.6) is 0 Å². The van der Waals surface area contributed by atoms with Crippen molar-refractivity contribution >= 4 is 52.4 Å². The number of carbonyl (C=O) groups is 1. The summed E-state index contributed by atoms with van der Waals surface area (Å²) >= 11 is 9.64. The molecule has 0 spiro atoms. The van der Waals surface area contributed by atoms with Gasteiger partial charge in [-0.25, -0.2) is 0 Å². The molecule has 124 valence electrons. The highest BCUT2D eigenvalue weighted by Gasteiger charge is 2.27. The standard InChI is InChI=1S/C19H18ClNOS2/c1-11-6-7-12-13-10-23-18(9-17(13)24-16(12)8-11)19(22)21-15-5-3-2-4-14(15)20/h2-5,9,11H,6-8,10H2,1H3,(H,21,22)/t11-/m0/s1. The summed E-state index contributed by atoms with van der Waals surface area (Å²) in [5.74, 6) is 1.60. The minimum Gasteiger partial charge on any atom is -0.320 e. The van der Waals surface area contributed by atoms with Crippen LogP contribution in [0.3, 0.4) is 0 Å². The third kappa shape index (κ3) is 3.03. The molecule has 2 aliphatic rings. The molecule has 1 aliphatic carbocycles. The van der Waals surface area contributed by atoms with Gasteiger partial charge in [-0.05, 0) is 54.5 Å². The molecule has 1 aromatic carbocycles. The number of rotatable bonds is 2. The first-order valence-corrected chi connectivity index (χ1v) is 10.3. The number of nitrogens with one attached hydrogen (secondary N) is 1. The molecule has 0 saturated carbocycles. The minimum atomic E-state index is -0.0708. The predicted octanol–water partition coefficient (Wildman–Crippen LogP) is 5.75. The van der Waals surface area contributed by atoms with Crippen molar-refractivity contribution in [1.82, 2.24) is 0 Å². The number of thiophene rings is 1. The molecule has 1 aliphatic heterocycles. The van der Waals surface area contributed by atoms with Crippen LogP contribution in [0.2, 0.25) is 5.02 Å². The predicted molar refractivity (Wildman–Crippen MR) is 105 cm³/mol. The maximum absolute atomic E-state index is 12.6. The van der Waals surface area contributed by atoms with Gasteiger partial charge < -0.3 is 5.32 Å². The summed E-state index contributed by atoms with van der Waals surface area (Å²) in [5, 5.41) is 3.49. The second-order valence-corrected chi connectivity index (χ2v) is 8.99. The number of thioether (sulfide) groups is 1.